The number of rotatable bonds is 15. The second kappa shape index (κ2) is 14.0. The van der Waals surface area contributed by atoms with E-state index in [9.17, 15) is 29.1 Å². The van der Waals surface area contributed by atoms with Crippen LogP contribution in [-0.4, -0.2) is 68.8 Å². The number of carbonyl (C=O) groups is 5. The predicted octanol–water partition coefficient (Wildman–Crippen LogP) is -1.21. The van der Waals surface area contributed by atoms with Crippen molar-refractivity contribution >= 4 is 29.6 Å². The molecule has 0 bridgehead atoms. The lowest BCUT2D eigenvalue weighted by atomic mass is 9.96. The zero-order valence-corrected chi connectivity index (χ0v) is 20.5. The molecule has 196 valence electrons. The maximum Gasteiger partial charge on any atom is 0.326 e. The maximum atomic E-state index is 13.2. The Morgan fingerprint density at radius 1 is 1.03 bits per heavy atom. The summed E-state index contributed by atoms with van der Waals surface area (Å²) in [7, 11) is 0. The average molecular weight is 496 g/mol. The second-order valence-corrected chi connectivity index (χ2v) is 9.02. The molecule has 0 saturated carbocycles. The summed E-state index contributed by atoms with van der Waals surface area (Å²) in [6, 6.07) is -4.59. The normalized spacial score (nSPS) is 15.4. The fraction of sp³-hybridized carbons (Fsp3) is 0.636. The number of nitrogens with zero attached hydrogens (tertiary/aromatic N) is 1. The fourth-order valence-corrected chi connectivity index (χ4v) is 3.32. The SMILES string of the molecule is CCC(C)C(NC(=O)C(Cc1cnc[nH]1)NC(=O)C(N)CC(N)=O)C(=O)NC(CC(C)C)C(=O)O. The van der Waals surface area contributed by atoms with Gasteiger partial charge in [-0.1, -0.05) is 34.1 Å². The first kappa shape index (κ1) is 29.6. The van der Waals surface area contributed by atoms with Gasteiger partial charge in [-0.3, -0.25) is 19.2 Å². The van der Waals surface area contributed by atoms with Crippen molar-refractivity contribution < 1.29 is 29.1 Å². The molecule has 13 nitrogen and oxygen atoms in total. The molecule has 35 heavy (non-hydrogen) atoms. The molecular formula is C22H37N7O6. The van der Waals surface area contributed by atoms with Gasteiger partial charge in [-0.15, -0.1) is 0 Å². The molecule has 0 spiro atoms. The number of carboxylic acid groups (broad SMARTS) is 1. The Kier molecular flexibility index (Phi) is 11.9. The molecule has 0 aliphatic heterocycles. The molecule has 0 aliphatic carbocycles. The van der Waals surface area contributed by atoms with E-state index >= 15 is 0 Å². The number of hydrogen-bond donors (Lipinski definition) is 7. The number of carboxylic acids is 1. The van der Waals surface area contributed by atoms with Crippen molar-refractivity contribution in [1.29, 1.82) is 0 Å². The van der Waals surface area contributed by atoms with Gasteiger partial charge >= 0.3 is 5.97 Å². The summed E-state index contributed by atoms with van der Waals surface area (Å²) in [6.07, 6.45) is 3.20. The zero-order chi connectivity index (χ0) is 26.7. The molecule has 13 heteroatoms. The highest BCUT2D eigenvalue weighted by Gasteiger charge is 2.33. The van der Waals surface area contributed by atoms with Crippen molar-refractivity contribution in [3.63, 3.8) is 0 Å². The van der Waals surface area contributed by atoms with Crippen LogP contribution in [0.2, 0.25) is 0 Å². The van der Waals surface area contributed by atoms with Crippen molar-refractivity contribution in [2.75, 3.05) is 0 Å². The number of imidazole rings is 1. The quantitative estimate of drug-likeness (QED) is 0.156. The van der Waals surface area contributed by atoms with E-state index in [0.717, 1.165) is 0 Å². The van der Waals surface area contributed by atoms with Crippen molar-refractivity contribution in [2.45, 2.75) is 77.5 Å². The molecule has 5 atom stereocenters. The minimum absolute atomic E-state index is 0.000804. The van der Waals surface area contributed by atoms with Gasteiger partial charge in [0.05, 0.1) is 18.8 Å². The lowest BCUT2D eigenvalue weighted by Crippen LogP contribution is -2.59. The fourth-order valence-electron chi connectivity index (χ4n) is 3.32. The van der Waals surface area contributed by atoms with Gasteiger partial charge in [0.25, 0.3) is 0 Å². The molecule has 1 heterocycles. The van der Waals surface area contributed by atoms with Crippen LogP contribution in [0.4, 0.5) is 0 Å². The number of H-pyrrole nitrogens is 1. The molecule has 1 aromatic heterocycles. The van der Waals surface area contributed by atoms with Gasteiger partial charge < -0.3 is 37.5 Å². The summed E-state index contributed by atoms with van der Waals surface area (Å²) in [4.78, 5) is 68.1. The van der Waals surface area contributed by atoms with Crippen molar-refractivity contribution in [3.05, 3.63) is 18.2 Å². The van der Waals surface area contributed by atoms with Gasteiger partial charge in [0.1, 0.15) is 18.1 Å². The number of hydrogen-bond acceptors (Lipinski definition) is 7. The smallest absolute Gasteiger partial charge is 0.326 e. The monoisotopic (exact) mass is 495 g/mol. The molecule has 1 aromatic rings. The predicted molar refractivity (Wildman–Crippen MR) is 126 cm³/mol. The number of aromatic amines is 1. The summed E-state index contributed by atoms with van der Waals surface area (Å²) < 4.78 is 0. The number of aliphatic carboxylic acids is 1. The van der Waals surface area contributed by atoms with E-state index in [1.165, 1.54) is 12.5 Å². The van der Waals surface area contributed by atoms with Crippen LogP contribution in [0.1, 0.15) is 52.7 Å². The standard InChI is InChI=1S/C22H37N7O6/c1-5-12(4)18(21(33)28-16(22(34)35)6-11(2)3)29-20(32)15(7-13-9-25-10-26-13)27-19(31)14(23)8-17(24)30/h9-12,14-16,18H,5-8,23H2,1-4H3,(H2,24,30)(H,25,26)(H,27,31)(H,28,33)(H,29,32)(H,34,35). The molecule has 0 radical (unpaired) electrons. The highest BCUT2D eigenvalue weighted by molar-refractivity contribution is 5.95. The molecule has 0 fully saturated rings. The summed E-state index contributed by atoms with van der Waals surface area (Å²) in [5, 5.41) is 17.1. The largest absolute Gasteiger partial charge is 0.480 e. The topological polar surface area (TPSA) is 222 Å². The van der Waals surface area contributed by atoms with Crippen LogP contribution in [0.3, 0.4) is 0 Å². The summed E-state index contributed by atoms with van der Waals surface area (Å²) in [5.41, 5.74) is 11.3. The lowest BCUT2D eigenvalue weighted by molar-refractivity contribution is -0.143. The minimum atomic E-state index is -1.26. The molecule has 1 rings (SSSR count). The van der Waals surface area contributed by atoms with Gasteiger partial charge in [-0.05, 0) is 18.3 Å². The minimum Gasteiger partial charge on any atom is -0.480 e. The number of primary amides is 1. The van der Waals surface area contributed by atoms with E-state index in [-0.39, 0.29) is 24.7 Å². The van der Waals surface area contributed by atoms with Crippen molar-refractivity contribution in [1.82, 2.24) is 25.9 Å². The Morgan fingerprint density at radius 2 is 1.66 bits per heavy atom. The average Bonchev–Trinajstić information content (AvgIpc) is 3.27. The molecule has 5 unspecified atom stereocenters. The molecule has 0 aromatic carbocycles. The number of nitrogens with one attached hydrogen (secondary N) is 4. The number of nitrogens with two attached hydrogens (primary N) is 2. The van der Waals surface area contributed by atoms with Crippen LogP contribution < -0.4 is 27.4 Å². The van der Waals surface area contributed by atoms with E-state index < -0.39 is 60.2 Å². The van der Waals surface area contributed by atoms with E-state index in [0.29, 0.717) is 12.1 Å². The Hall–Kier alpha value is -3.48. The van der Waals surface area contributed by atoms with Crippen molar-refractivity contribution in [2.24, 2.45) is 23.3 Å². The first-order chi connectivity index (χ1) is 16.3. The maximum absolute atomic E-state index is 13.2. The van der Waals surface area contributed by atoms with Crippen molar-refractivity contribution in [3.8, 4) is 0 Å². The Bertz CT molecular complexity index is 874. The molecule has 9 N–H and O–H groups in total. The molecule has 0 aliphatic rings. The van der Waals surface area contributed by atoms with Gasteiger partial charge in [-0.2, -0.15) is 0 Å². The molecular weight excluding hydrogens is 458 g/mol. The molecule has 4 amide bonds. The number of amides is 4. The van der Waals surface area contributed by atoms with E-state index in [1.807, 2.05) is 20.8 Å². The van der Waals surface area contributed by atoms with Crippen LogP contribution in [0.15, 0.2) is 12.5 Å². The van der Waals surface area contributed by atoms with Crippen LogP contribution in [0, 0.1) is 11.8 Å². The first-order valence-corrected chi connectivity index (χ1v) is 11.5. The lowest BCUT2D eigenvalue weighted by Gasteiger charge is -2.28. The second-order valence-electron chi connectivity index (χ2n) is 9.02. The Balaban J connectivity index is 3.08. The highest BCUT2D eigenvalue weighted by Crippen LogP contribution is 2.12. The van der Waals surface area contributed by atoms with Crippen LogP contribution >= 0.6 is 0 Å². The van der Waals surface area contributed by atoms with Gasteiger partial charge in [-0.25, -0.2) is 9.78 Å². The van der Waals surface area contributed by atoms with Gasteiger partial charge in [0.2, 0.25) is 23.6 Å². The van der Waals surface area contributed by atoms with Crippen LogP contribution in [0.25, 0.3) is 0 Å². The first-order valence-electron chi connectivity index (χ1n) is 11.5. The van der Waals surface area contributed by atoms with Gasteiger partial charge in [0, 0.05) is 18.3 Å². The zero-order valence-electron chi connectivity index (χ0n) is 20.5. The third-order valence-electron chi connectivity index (χ3n) is 5.48. The Labute approximate surface area is 204 Å². The van der Waals surface area contributed by atoms with E-state index in [1.54, 1.807) is 6.92 Å². The van der Waals surface area contributed by atoms with E-state index in [4.69, 9.17) is 11.5 Å². The van der Waals surface area contributed by atoms with Crippen LogP contribution in [0.5, 0.6) is 0 Å². The third kappa shape index (κ3) is 10.1. The summed E-state index contributed by atoms with van der Waals surface area (Å²) in [5.74, 6) is -4.36. The van der Waals surface area contributed by atoms with E-state index in [2.05, 4.69) is 25.9 Å². The molecule has 0 saturated heterocycles. The summed E-state index contributed by atoms with van der Waals surface area (Å²) in [6.45, 7) is 7.24. The van der Waals surface area contributed by atoms with Crippen LogP contribution in [-0.2, 0) is 30.4 Å². The number of carbonyl (C=O) groups excluding carboxylic acids is 4. The number of aromatic nitrogens is 2. The highest BCUT2D eigenvalue weighted by atomic mass is 16.4. The Morgan fingerprint density at radius 3 is 2.14 bits per heavy atom. The van der Waals surface area contributed by atoms with Gasteiger partial charge in [0.15, 0.2) is 0 Å². The third-order valence-corrected chi connectivity index (χ3v) is 5.48. The summed E-state index contributed by atoms with van der Waals surface area (Å²) >= 11 is 0.